The van der Waals surface area contributed by atoms with Crippen molar-refractivity contribution in [2.75, 3.05) is 29.9 Å². The number of hydrogen-bond acceptors (Lipinski definition) is 6. The Hall–Kier alpha value is -3.32. The van der Waals surface area contributed by atoms with E-state index in [1.54, 1.807) is 6.07 Å². The molecule has 2 bridgehead atoms. The van der Waals surface area contributed by atoms with E-state index in [4.69, 9.17) is 4.74 Å². The van der Waals surface area contributed by atoms with E-state index < -0.39 is 41.9 Å². The van der Waals surface area contributed by atoms with Crippen molar-refractivity contribution in [3.8, 4) is 5.75 Å². The Labute approximate surface area is 193 Å². The molecule has 2 unspecified atom stereocenters. The number of hydrogen-bond donors (Lipinski definition) is 1. The van der Waals surface area contributed by atoms with E-state index >= 15 is 0 Å². The highest BCUT2D eigenvalue weighted by atomic mass is 19.4. The Bertz CT molecular complexity index is 1210. The van der Waals surface area contributed by atoms with Crippen LogP contribution in [-0.2, 0) is 6.18 Å². The average molecular weight is 504 g/mol. The van der Waals surface area contributed by atoms with Gasteiger partial charge in [-0.25, -0.2) is 8.91 Å². The van der Waals surface area contributed by atoms with Crippen molar-refractivity contribution in [3.05, 3.63) is 42.1 Å². The number of nitrogens with zero attached hydrogens (tertiary/aromatic N) is 5. The molecule has 3 aromatic rings. The quantitative estimate of drug-likeness (QED) is 0.515. The van der Waals surface area contributed by atoms with Gasteiger partial charge < -0.3 is 15.0 Å². The number of piperidine rings is 1. The summed E-state index contributed by atoms with van der Waals surface area (Å²) in [5.41, 5.74) is -1.24. The number of alkyl halides is 6. The molecular weight excluding hydrogens is 485 g/mol. The Morgan fingerprint density at radius 3 is 2.37 bits per heavy atom. The van der Waals surface area contributed by atoms with Gasteiger partial charge in [-0.1, -0.05) is 0 Å². The first kappa shape index (κ1) is 23.4. The smallest absolute Gasteiger partial charge is 0.433 e. The molecule has 7 nitrogen and oxygen atoms in total. The van der Waals surface area contributed by atoms with Gasteiger partial charge in [0.05, 0.1) is 11.9 Å². The minimum Gasteiger partial charge on any atom is -0.480 e. The first-order chi connectivity index (χ1) is 16.5. The number of ether oxygens (including phenoxy) is 1. The minimum atomic E-state index is -4.81. The lowest BCUT2D eigenvalue weighted by atomic mass is 9.92. The highest BCUT2D eigenvalue weighted by molar-refractivity contribution is 5.57. The van der Waals surface area contributed by atoms with Gasteiger partial charge in [0.1, 0.15) is 5.69 Å². The van der Waals surface area contributed by atoms with Crippen LogP contribution in [0.25, 0.3) is 5.65 Å². The van der Waals surface area contributed by atoms with Crippen LogP contribution in [0.5, 0.6) is 5.75 Å². The van der Waals surface area contributed by atoms with Crippen LogP contribution in [0.3, 0.4) is 0 Å². The zero-order chi connectivity index (χ0) is 25.0. The zero-order valence-corrected chi connectivity index (χ0v) is 17.9. The largest absolute Gasteiger partial charge is 0.480 e. The van der Waals surface area contributed by atoms with Gasteiger partial charge in [-0.2, -0.15) is 31.3 Å². The molecule has 1 aliphatic carbocycles. The lowest BCUT2D eigenvalue weighted by Crippen LogP contribution is -2.48. The lowest BCUT2D eigenvalue weighted by Gasteiger charge is -2.39. The molecule has 1 saturated heterocycles. The molecule has 14 heteroatoms. The molecule has 2 fully saturated rings. The monoisotopic (exact) mass is 504 g/mol. The van der Waals surface area contributed by atoms with Crippen LogP contribution in [0.4, 0.5) is 42.4 Å². The second-order valence-electron chi connectivity index (χ2n) is 8.65. The van der Waals surface area contributed by atoms with Gasteiger partial charge in [0.25, 0.3) is 0 Å². The van der Waals surface area contributed by atoms with Gasteiger partial charge in [-0.05, 0) is 42.9 Å². The second-order valence-corrected chi connectivity index (χ2v) is 8.65. The summed E-state index contributed by atoms with van der Waals surface area (Å²) in [5.74, 6) is -0.982. The number of anilines is 2. The molecule has 0 aromatic carbocycles. The van der Waals surface area contributed by atoms with Gasteiger partial charge in [-0.15, -0.1) is 5.10 Å². The average Bonchev–Trinajstić information content (AvgIpc) is 3.28. The van der Waals surface area contributed by atoms with Gasteiger partial charge in [-0.3, -0.25) is 4.98 Å². The number of halogens is 7. The number of pyridine rings is 2. The molecular formula is C21H19F7N6O. The SMILES string of the molecule is Fc1cnccc1N1CC2CCC(C1)C2Nc1nc2c(OCC(F)(F)F)ccc(C(F)(F)F)n2n1. The standard InChI is InChI=1S/C21H19F7N6O/c22-13-7-29-6-5-14(13)33-8-11-1-2-12(9-33)17(11)30-19-31-18-15(35-10-20(23,24)25)3-4-16(21(26,27)28)34(18)32-19/h3-7,11-12,17H,1-2,8-10H2,(H,30,32). The van der Waals surface area contributed by atoms with E-state index in [1.807, 2.05) is 4.90 Å². The van der Waals surface area contributed by atoms with Crippen LogP contribution in [0.2, 0.25) is 0 Å². The molecule has 2 aliphatic rings. The summed E-state index contributed by atoms with van der Waals surface area (Å²) in [6, 6.07) is 2.80. The third-order valence-electron chi connectivity index (χ3n) is 6.35. The van der Waals surface area contributed by atoms with Gasteiger partial charge in [0.15, 0.2) is 23.8 Å². The third-order valence-corrected chi connectivity index (χ3v) is 6.35. The maximum Gasteiger partial charge on any atom is 0.433 e. The summed E-state index contributed by atoms with van der Waals surface area (Å²) in [6.45, 7) is -0.662. The summed E-state index contributed by atoms with van der Waals surface area (Å²) in [6.07, 6.45) is -5.23. The summed E-state index contributed by atoms with van der Waals surface area (Å²) >= 11 is 0. The second kappa shape index (κ2) is 8.41. The highest BCUT2D eigenvalue weighted by Crippen LogP contribution is 2.41. The first-order valence-electron chi connectivity index (χ1n) is 10.8. The van der Waals surface area contributed by atoms with Crippen LogP contribution in [-0.4, -0.2) is 51.5 Å². The summed E-state index contributed by atoms with van der Waals surface area (Å²) in [7, 11) is 0. The maximum absolute atomic E-state index is 14.2. The van der Waals surface area contributed by atoms with Crippen LogP contribution < -0.4 is 15.0 Å². The van der Waals surface area contributed by atoms with E-state index in [0.29, 0.717) is 29.4 Å². The number of fused-ring (bicyclic) bond motifs is 3. The van der Waals surface area contributed by atoms with Gasteiger partial charge in [0, 0.05) is 25.3 Å². The molecule has 1 saturated carbocycles. The number of aromatic nitrogens is 4. The fraction of sp³-hybridized carbons (Fsp3) is 0.476. The van der Waals surface area contributed by atoms with E-state index in [9.17, 15) is 30.7 Å². The highest BCUT2D eigenvalue weighted by Gasteiger charge is 2.43. The maximum atomic E-state index is 14.2. The van der Waals surface area contributed by atoms with Crippen molar-refractivity contribution in [2.24, 2.45) is 11.8 Å². The first-order valence-corrected chi connectivity index (χ1v) is 10.8. The predicted octanol–water partition coefficient (Wildman–Crippen LogP) is 4.55. The van der Waals surface area contributed by atoms with Crippen molar-refractivity contribution in [2.45, 2.75) is 31.2 Å². The van der Waals surface area contributed by atoms with Crippen LogP contribution in [0.15, 0.2) is 30.6 Å². The predicted molar refractivity (Wildman–Crippen MR) is 110 cm³/mol. The van der Waals surface area contributed by atoms with Crippen LogP contribution >= 0.6 is 0 Å². The van der Waals surface area contributed by atoms with E-state index in [1.165, 1.54) is 6.20 Å². The van der Waals surface area contributed by atoms with Crippen molar-refractivity contribution >= 4 is 17.3 Å². The molecule has 4 heterocycles. The fourth-order valence-electron chi connectivity index (χ4n) is 4.92. The fourth-order valence-corrected chi connectivity index (χ4v) is 4.92. The van der Waals surface area contributed by atoms with E-state index in [2.05, 4.69) is 20.4 Å². The molecule has 3 aromatic heterocycles. The van der Waals surface area contributed by atoms with Crippen molar-refractivity contribution in [1.82, 2.24) is 19.6 Å². The molecule has 5 rings (SSSR count). The summed E-state index contributed by atoms with van der Waals surface area (Å²) < 4.78 is 97.6. The van der Waals surface area contributed by atoms with E-state index in [-0.39, 0.29) is 23.8 Å². The Morgan fingerprint density at radius 1 is 1.03 bits per heavy atom. The summed E-state index contributed by atoms with van der Waals surface area (Å²) in [4.78, 5) is 9.71. The molecule has 1 N–H and O–H groups in total. The van der Waals surface area contributed by atoms with Crippen LogP contribution in [0, 0.1) is 17.7 Å². The molecule has 188 valence electrons. The third kappa shape index (κ3) is 4.65. The molecule has 1 aliphatic heterocycles. The molecule has 2 atom stereocenters. The van der Waals surface area contributed by atoms with Crippen molar-refractivity contribution < 1.29 is 35.5 Å². The zero-order valence-electron chi connectivity index (χ0n) is 17.9. The molecule has 35 heavy (non-hydrogen) atoms. The van der Waals surface area contributed by atoms with Gasteiger partial charge >= 0.3 is 12.4 Å². The van der Waals surface area contributed by atoms with E-state index in [0.717, 1.165) is 25.1 Å². The van der Waals surface area contributed by atoms with Crippen molar-refractivity contribution in [3.63, 3.8) is 0 Å². The molecule has 0 spiro atoms. The number of rotatable bonds is 5. The van der Waals surface area contributed by atoms with Gasteiger partial charge in [0.2, 0.25) is 5.95 Å². The topological polar surface area (TPSA) is 67.6 Å². The molecule has 0 amide bonds. The van der Waals surface area contributed by atoms with Crippen molar-refractivity contribution in [1.29, 1.82) is 0 Å². The van der Waals surface area contributed by atoms with Crippen LogP contribution in [0.1, 0.15) is 18.5 Å². The normalized spacial score (nSPS) is 22.6. The number of nitrogens with one attached hydrogen (secondary N) is 1. The molecule has 0 radical (unpaired) electrons. The minimum absolute atomic E-state index is 0.0379. The Balaban J connectivity index is 1.41. The lowest BCUT2D eigenvalue weighted by molar-refractivity contribution is -0.153. The Kier molecular flexibility index (Phi) is 5.63. The Morgan fingerprint density at radius 2 is 1.74 bits per heavy atom. The summed E-state index contributed by atoms with van der Waals surface area (Å²) in [5, 5.41) is 6.97.